The summed E-state index contributed by atoms with van der Waals surface area (Å²) in [4.78, 5) is 34.9. The third kappa shape index (κ3) is 7.46. The van der Waals surface area contributed by atoms with Gasteiger partial charge in [0.15, 0.2) is 5.96 Å². The number of nitrogens with two attached hydrogens (primary N) is 3. The van der Waals surface area contributed by atoms with Gasteiger partial charge in [-0.15, -0.1) is 0 Å². The van der Waals surface area contributed by atoms with Crippen molar-refractivity contribution < 1.29 is 9.59 Å². The second kappa shape index (κ2) is 14.0. The molecule has 10 heteroatoms. The Morgan fingerprint density at radius 2 is 1.85 bits per heavy atom. The number of hydrogen-bond acceptors (Lipinski definition) is 6. The standard InChI is InChI=1S/C31H46N8O2/c1-20(2)22-6-8-23(9-7-22)38-16-12-24(13-17-38)39-28-10-5-21(19-32)18-26(28)25(30(39)41)11-15-36-29(40)27(33)4-3-14-37-31(34)35/h5,10,18,23-25,27H,3-4,6-9,11-17,33H2,1-2H3,(H,36,40)(H4,34,35,37)/t25?,27-/m0/s1. The first kappa shape index (κ1) is 30.5. The molecule has 4 rings (SSSR count). The number of carbonyl (C=O) groups excluding carboxylic acids is 2. The number of anilines is 1. The Labute approximate surface area is 244 Å². The summed E-state index contributed by atoms with van der Waals surface area (Å²) in [6, 6.07) is 7.87. The van der Waals surface area contributed by atoms with Gasteiger partial charge < -0.3 is 32.3 Å². The maximum absolute atomic E-state index is 13.8. The molecule has 2 heterocycles. The van der Waals surface area contributed by atoms with E-state index < -0.39 is 12.0 Å². The molecule has 222 valence electrons. The molecule has 1 saturated carbocycles. The Hall–Kier alpha value is -3.42. The van der Waals surface area contributed by atoms with Gasteiger partial charge in [0, 0.05) is 44.0 Å². The molecular weight excluding hydrogens is 516 g/mol. The van der Waals surface area contributed by atoms with Crippen molar-refractivity contribution in [3.63, 3.8) is 0 Å². The number of fused-ring (bicyclic) bond motifs is 1. The summed E-state index contributed by atoms with van der Waals surface area (Å²) in [5.41, 5.74) is 22.1. The van der Waals surface area contributed by atoms with Crippen molar-refractivity contribution in [3.05, 3.63) is 40.5 Å². The van der Waals surface area contributed by atoms with Gasteiger partial charge in [-0.1, -0.05) is 11.1 Å². The van der Waals surface area contributed by atoms with Crippen LogP contribution in [-0.4, -0.2) is 67.0 Å². The number of piperidine rings is 1. The number of aliphatic imine (C=N–C) groups is 1. The van der Waals surface area contributed by atoms with Gasteiger partial charge in [-0.25, -0.2) is 0 Å². The molecule has 7 N–H and O–H groups in total. The largest absolute Gasteiger partial charge is 0.370 e. The number of likely N-dealkylation sites (tertiary alicyclic amines) is 1. The second-order valence-corrected chi connectivity index (χ2v) is 11.9. The molecule has 2 aliphatic heterocycles. The minimum Gasteiger partial charge on any atom is -0.370 e. The number of benzene rings is 1. The monoisotopic (exact) mass is 562 g/mol. The summed E-state index contributed by atoms with van der Waals surface area (Å²) in [5.74, 6) is -0.563. The summed E-state index contributed by atoms with van der Waals surface area (Å²) in [5, 5.41) is 12.4. The van der Waals surface area contributed by atoms with E-state index in [-0.39, 0.29) is 23.8 Å². The van der Waals surface area contributed by atoms with Gasteiger partial charge in [0.05, 0.1) is 23.6 Å². The third-order valence-corrected chi connectivity index (χ3v) is 9.01. The van der Waals surface area contributed by atoms with E-state index in [1.165, 1.54) is 31.3 Å². The van der Waals surface area contributed by atoms with Crippen molar-refractivity contribution in [2.24, 2.45) is 22.2 Å². The van der Waals surface area contributed by atoms with Crippen LogP contribution in [0.2, 0.25) is 0 Å². The molecule has 0 bridgehead atoms. The van der Waals surface area contributed by atoms with Crippen molar-refractivity contribution in [3.8, 4) is 6.07 Å². The van der Waals surface area contributed by atoms with E-state index >= 15 is 0 Å². The molecule has 0 spiro atoms. The lowest BCUT2D eigenvalue weighted by Gasteiger charge is -2.42. The van der Waals surface area contributed by atoms with Gasteiger partial charge in [-0.2, -0.15) is 5.26 Å². The first-order valence-electron chi connectivity index (χ1n) is 15.0. The average molecular weight is 563 g/mol. The van der Waals surface area contributed by atoms with Gasteiger partial charge in [-0.3, -0.25) is 14.6 Å². The Morgan fingerprint density at radius 3 is 2.49 bits per heavy atom. The van der Waals surface area contributed by atoms with Crippen LogP contribution in [0.1, 0.15) is 88.7 Å². The first-order chi connectivity index (χ1) is 19.7. The molecule has 2 atom stereocenters. The molecule has 0 aromatic heterocycles. The molecule has 0 radical (unpaired) electrons. The van der Waals surface area contributed by atoms with E-state index in [1.54, 1.807) is 11.6 Å². The normalized spacial score (nSPS) is 22.1. The summed E-state index contributed by atoms with van der Waals surface area (Å²) in [6.07, 6.45) is 8.25. The van der Waals surface area contributed by atoms with Crippen LogP contribution in [0.3, 0.4) is 0 Å². The van der Waals surface area contributed by atoms with Crippen LogP contribution in [-0.2, 0) is 9.59 Å². The zero-order chi connectivity index (χ0) is 29.5. The number of nitrogens with one attached hydrogen (secondary N) is 1. The number of allylic oxidation sites excluding steroid dienone is 2. The molecule has 2 amide bonds. The topological polar surface area (TPSA) is 167 Å². The number of rotatable bonds is 10. The van der Waals surface area contributed by atoms with E-state index in [0.29, 0.717) is 44.0 Å². The molecular formula is C31H46N8O2. The highest BCUT2D eigenvalue weighted by Gasteiger charge is 2.42. The lowest BCUT2D eigenvalue weighted by atomic mass is 9.86. The highest BCUT2D eigenvalue weighted by molar-refractivity contribution is 6.05. The van der Waals surface area contributed by atoms with Gasteiger partial charge in [0.2, 0.25) is 11.8 Å². The molecule has 1 saturated heterocycles. The van der Waals surface area contributed by atoms with Crippen molar-refractivity contribution in [1.82, 2.24) is 10.2 Å². The minimum absolute atomic E-state index is 0.0196. The summed E-state index contributed by atoms with van der Waals surface area (Å²) in [6.45, 7) is 7.19. The number of nitriles is 1. The maximum Gasteiger partial charge on any atom is 0.236 e. The first-order valence-corrected chi connectivity index (χ1v) is 15.0. The fourth-order valence-electron chi connectivity index (χ4n) is 6.64. The lowest BCUT2D eigenvalue weighted by Crippen LogP contribution is -2.50. The number of amides is 2. The van der Waals surface area contributed by atoms with Crippen molar-refractivity contribution in [2.75, 3.05) is 31.1 Å². The molecule has 3 aliphatic rings. The number of nitrogens with zero attached hydrogens (tertiary/aromatic N) is 4. The third-order valence-electron chi connectivity index (χ3n) is 9.01. The van der Waals surface area contributed by atoms with E-state index in [2.05, 4.69) is 35.1 Å². The highest BCUT2D eigenvalue weighted by Crippen LogP contribution is 2.42. The van der Waals surface area contributed by atoms with Crippen LogP contribution in [0.5, 0.6) is 0 Å². The molecule has 1 aliphatic carbocycles. The van der Waals surface area contributed by atoms with Crippen molar-refractivity contribution in [1.29, 1.82) is 5.26 Å². The van der Waals surface area contributed by atoms with E-state index in [0.717, 1.165) is 37.2 Å². The van der Waals surface area contributed by atoms with Crippen molar-refractivity contribution in [2.45, 2.75) is 95.7 Å². The van der Waals surface area contributed by atoms with E-state index in [4.69, 9.17) is 17.2 Å². The predicted molar refractivity (Wildman–Crippen MR) is 162 cm³/mol. The number of hydrogen-bond donors (Lipinski definition) is 4. The van der Waals surface area contributed by atoms with Crippen LogP contribution < -0.4 is 27.4 Å². The Bertz CT molecular complexity index is 1190. The fraction of sp³-hybridized carbons (Fsp3) is 0.613. The predicted octanol–water partition coefficient (Wildman–Crippen LogP) is 2.62. The van der Waals surface area contributed by atoms with Crippen LogP contribution in [0.15, 0.2) is 34.3 Å². The maximum atomic E-state index is 13.8. The fourth-order valence-corrected chi connectivity index (χ4v) is 6.64. The van der Waals surface area contributed by atoms with Crippen molar-refractivity contribution >= 4 is 23.5 Å². The Morgan fingerprint density at radius 1 is 1.15 bits per heavy atom. The van der Waals surface area contributed by atoms with Gasteiger partial charge >= 0.3 is 0 Å². The van der Waals surface area contributed by atoms with Crippen LogP contribution in [0.25, 0.3) is 0 Å². The summed E-state index contributed by atoms with van der Waals surface area (Å²) < 4.78 is 0. The molecule has 1 aromatic rings. The molecule has 41 heavy (non-hydrogen) atoms. The zero-order valence-corrected chi connectivity index (χ0v) is 24.6. The SMILES string of the molecule is CC(C)=C1CCC(N2CCC(N3C(=O)C(CCNC(=O)[C@@H](N)CCCN=C(N)N)c4cc(C#N)ccc43)CC2)CC1. The van der Waals surface area contributed by atoms with Gasteiger partial charge in [0.1, 0.15) is 0 Å². The summed E-state index contributed by atoms with van der Waals surface area (Å²) in [7, 11) is 0. The molecule has 2 fully saturated rings. The van der Waals surface area contributed by atoms with E-state index in [1.807, 2.05) is 17.0 Å². The second-order valence-electron chi connectivity index (χ2n) is 11.9. The van der Waals surface area contributed by atoms with Gasteiger partial charge in [-0.05, 0) is 95.4 Å². The summed E-state index contributed by atoms with van der Waals surface area (Å²) >= 11 is 0. The van der Waals surface area contributed by atoms with Crippen LogP contribution in [0.4, 0.5) is 5.69 Å². The van der Waals surface area contributed by atoms with E-state index in [9.17, 15) is 14.9 Å². The van der Waals surface area contributed by atoms with Crippen LogP contribution in [0, 0.1) is 11.3 Å². The smallest absolute Gasteiger partial charge is 0.236 e. The molecule has 1 aromatic carbocycles. The van der Waals surface area contributed by atoms with Gasteiger partial charge in [0.25, 0.3) is 0 Å². The molecule has 1 unspecified atom stereocenters. The number of guanidine groups is 1. The number of carbonyl (C=O) groups is 2. The Balaban J connectivity index is 1.34. The molecule has 10 nitrogen and oxygen atoms in total. The Kier molecular flexibility index (Phi) is 10.4. The lowest BCUT2D eigenvalue weighted by molar-refractivity contribution is -0.123. The van der Waals surface area contributed by atoms with Crippen LogP contribution >= 0.6 is 0 Å². The zero-order valence-electron chi connectivity index (χ0n) is 24.6. The highest BCUT2D eigenvalue weighted by atomic mass is 16.2. The average Bonchev–Trinajstić information content (AvgIpc) is 3.25. The minimum atomic E-state index is -0.666. The quantitative estimate of drug-likeness (QED) is 0.147.